The molecule has 73 heavy (non-hydrogen) atoms. The van der Waals surface area contributed by atoms with Gasteiger partial charge in [0, 0.05) is 39.3 Å². The number of aryl methyl sites for hydroxylation is 3. The average Bonchev–Trinajstić information content (AvgIpc) is 3.43. The van der Waals surface area contributed by atoms with Crippen molar-refractivity contribution in [3.05, 3.63) is 159 Å². The summed E-state index contributed by atoms with van der Waals surface area (Å²) >= 11 is 0. The molecular formula is C58H66F2N4O9. The summed E-state index contributed by atoms with van der Waals surface area (Å²) in [6, 6.07) is 30.2. The Labute approximate surface area is 426 Å². The minimum absolute atomic E-state index is 0.0949. The molecule has 13 nitrogen and oxygen atoms in total. The van der Waals surface area contributed by atoms with Gasteiger partial charge in [-0.05, 0) is 160 Å². The van der Waals surface area contributed by atoms with Crippen molar-refractivity contribution in [2.75, 3.05) is 53.5 Å². The third kappa shape index (κ3) is 12.0. The minimum atomic E-state index is -0.544. The monoisotopic (exact) mass is 1000 g/mol. The van der Waals surface area contributed by atoms with Crippen molar-refractivity contribution < 1.29 is 52.1 Å². The Morgan fingerprint density at radius 3 is 1.26 bits per heavy atom. The van der Waals surface area contributed by atoms with Gasteiger partial charge >= 0.3 is 11.9 Å². The highest BCUT2D eigenvalue weighted by molar-refractivity contribution is 5.97. The SMILES string of the molecule is COC(=O)c1cccc2c1OC1(CC2)CCN(Cc2ccc(F)cc2)CC1.COC(=O)c1cccc2c1OC1(CCNCC1)CC2.O=C(NO)c1cccc2c1OC1(CC2)CCN(Cc2ccc(F)cc2)CC1. The van der Waals surface area contributed by atoms with Crippen LogP contribution in [0.25, 0.3) is 0 Å². The van der Waals surface area contributed by atoms with Crippen LogP contribution >= 0.6 is 0 Å². The molecule has 5 aromatic carbocycles. The zero-order valence-corrected chi connectivity index (χ0v) is 41.8. The van der Waals surface area contributed by atoms with Crippen molar-refractivity contribution in [3.8, 4) is 17.2 Å². The highest BCUT2D eigenvalue weighted by atomic mass is 19.1. The number of para-hydroxylation sites is 3. The van der Waals surface area contributed by atoms with Crippen molar-refractivity contribution in [2.24, 2.45) is 0 Å². The van der Waals surface area contributed by atoms with E-state index in [2.05, 4.69) is 15.1 Å². The molecule has 6 aliphatic heterocycles. The van der Waals surface area contributed by atoms with Gasteiger partial charge in [0.25, 0.3) is 5.91 Å². The van der Waals surface area contributed by atoms with E-state index in [1.807, 2.05) is 60.7 Å². The number of ether oxygens (including phenoxy) is 5. The normalized spacial score (nSPS) is 19.1. The molecular weight excluding hydrogens is 935 g/mol. The summed E-state index contributed by atoms with van der Waals surface area (Å²) in [6.07, 6.45) is 11.3. The van der Waals surface area contributed by atoms with E-state index in [0.717, 1.165) is 163 Å². The summed E-state index contributed by atoms with van der Waals surface area (Å²) < 4.78 is 55.0. The lowest BCUT2D eigenvalue weighted by molar-refractivity contribution is -0.0174. The maximum atomic E-state index is 13.1. The second kappa shape index (κ2) is 22.8. The van der Waals surface area contributed by atoms with Crippen LogP contribution in [0.3, 0.4) is 0 Å². The predicted molar refractivity (Wildman–Crippen MR) is 270 cm³/mol. The molecule has 0 aliphatic carbocycles. The van der Waals surface area contributed by atoms with Crippen molar-refractivity contribution in [1.29, 1.82) is 0 Å². The summed E-state index contributed by atoms with van der Waals surface area (Å²) in [5.74, 6) is 0.408. The molecule has 6 aliphatic rings. The quantitative estimate of drug-likeness (QED) is 0.0812. The molecule has 3 N–H and O–H groups in total. The first-order valence-corrected chi connectivity index (χ1v) is 25.6. The molecule has 0 bridgehead atoms. The van der Waals surface area contributed by atoms with E-state index < -0.39 is 5.91 Å². The lowest BCUT2D eigenvalue weighted by atomic mass is 9.82. The van der Waals surface area contributed by atoms with Crippen LogP contribution in [0, 0.1) is 11.6 Å². The number of likely N-dealkylation sites (tertiary alicyclic amines) is 2. The first-order valence-electron chi connectivity index (χ1n) is 25.6. The zero-order valence-electron chi connectivity index (χ0n) is 41.8. The Bertz CT molecular complexity index is 2590. The number of esters is 2. The number of hydroxylamine groups is 1. The molecule has 11 rings (SSSR count). The van der Waals surface area contributed by atoms with E-state index >= 15 is 0 Å². The maximum Gasteiger partial charge on any atom is 0.341 e. The van der Waals surface area contributed by atoms with Gasteiger partial charge in [-0.25, -0.2) is 23.9 Å². The van der Waals surface area contributed by atoms with Crippen molar-refractivity contribution in [3.63, 3.8) is 0 Å². The lowest BCUT2D eigenvalue weighted by Crippen LogP contribution is -2.49. The molecule has 1 amide bonds. The van der Waals surface area contributed by atoms with Gasteiger partial charge in [0.2, 0.25) is 0 Å². The number of nitrogens with one attached hydrogen (secondary N) is 2. The highest BCUT2D eigenvalue weighted by Crippen LogP contribution is 2.44. The topological polar surface area (TPSA) is 148 Å². The first kappa shape index (κ1) is 51.5. The summed E-state index contributed by atoms with van der Waals surface area (Å²) in [5, 5.41) is 12.4. The first-order chi connectivity index (χ1) is 35.4. The molecule has 3 spiro atoms. The van der Waals surface area contributed by atoms with Crippen molar-refractivity contribution in [1.82, 2.24) is 20.6 Å². The number of carbonyl (C=O) groups is 3. The summed E-state index contributed by atoms with van der Waals surface area (Å²) in [6.45, 7) is 7.21. The molecule has 3 fully saturated rings. The molecule has 0 atom stereocenters. The van der Waals surface area contributed by atoms with Gasteiger partial charge < -0.3 is 29.0 Å². The molecule has 3 saturated heterocycles. The Kier molecular flexibility index (Phi) is 16.1. The standard InChI is InChI=1S/C22H24FNO3.C21H23FN2O3.C15H19NO3/c1-26-21(25)19-4-2-3-17-9-10-22(27-20(17)19)11-13-24(14-12-22)15-16-5-7-18(23)8-6-16;22-17-6-4-15(5-7-17)14-24-12-10-21(11-13-24)9-8-16-2-1-3-18(19(16)27-21)20(25)23-26;1-18-14(17)12-4-2-3-11-5-6-15(19-13(11)12)7-9-16-10-8-15/h2-8H,9-15H2,1H3;1-7,26H,8-14H2,(H,23,25);2-4,16H,5-10H2,1H3. The molecule has 386 valence electrons. The molecule has 0 radical (unpaired) electrons. The van der Waals surface area contributed by atoms with Crippen molar-refractivity contribution in [2.45, 2.75) is 107 Å². The second-order valence-electron chi connectivity index (χ2n) is 20.2. The van der Waals surface area contributed by atoms with Crippen molar-refractivity contribution >= 4 is 17.8 Å². The number of amides is 1. The second-order valence-corrected chi connectivity index (χ2v) is 20.2. The number of halogens is 2. The van der Waals surface area contributed by atoms with Crippen LogP contribution in [0.4, 0.5) is 8.78 Å². The minimum Gasteiger partial charge on any atom is -0.486 e. The van der Waals surface area contributed by atoms with Gasteiger partial charge in [-0.3, -0.25) is 19.8 Å². The Morgan fingerprint density at radius 2 is 0.890 bits per heavy atom. The van der Waals surface area contributed by atoms with Crippen LogP contribution in [0.1, 0.15) is 117 Å². The number of hydrogen-bond acceptors (Lipinski definition) is 12. The largest absolute Gasteiger partial charge is 0.486 e. The van der Waals surface area contributed by atoms with Gasteiger partial charge in [0.15, 0.2) is 0 Å². The fourth-order valence-corrected chi connectivity index (χ4v) is 11.2. The number of nitrogens with zero attached hydrogens (tertiary/aromatic N) is 2. The Hall–Kier alpha value is -6.39. The van der Waals surface area contributed by atoms with Crippen LogP contribution in [-0.2, 0) is 41.8 Å². The summed E-state index contributed by atoms with van der Waals surface area (Å²) in [4.78, 5) is 40.6. The molecule has 5 aromatic rings. The average molecular weight is 1000 g/mol. The number of piperidine rings is 3. The number of methoxy groups -OCH3 is 2. The van der Waals surface area contributed by atoms with E-state index in [1.165, 1.54) is 38.5 Å². The lowest BCUT2D eigenvalue weighted by Gasteiger charge is -2.45. The summed E-state index contributed by atoms with van der Waals surface area (Å²) in [5.41, 5.74) is 8.01. The van der Waals surface area contributed by atoms with Crippen LogP contribution in [-0.4, -0.2) is 103 Å². The highest BCUT2D eigenvalue weighted by Gasteiger charge is 2.43. The third-order valence-electron chi connectivity index (χ3n) is 15.6. The molecule has 0 saturated carbocycles. The zero-order chi connectivity index (χ0) is 51.0. The number of rotatable bonds is 7. The van der Waals surface area contributed by atoms with Gasteiger partial charge in [0.1, 0.15) is 56.8 Å². The number of carbonyl (C=O) groups excluding carboxylic acids is 3. The summed E-state index contributed by atoms with van der Waals surface area (Å²) in [7, 11) is 2.80. The van der Waals surface area contributed by atoms with Crippen LogP contribution in [0.15, 0.2) is 103 Å². The van der Waals surface area contributed by atoms with Gasteiger partial charge in [-0.2, -0.15) is 0 Å². The predicted octanol–water partition coefficient (Wildman–Crippen LogP) is 9.20. The van der Waals surface area contributed by atoms with Gasteiger partial charge in [0.05, 0.1) is 19.8 Å². The fraction of sp³-hybridized carbons (Fsp3) is 0.431. The molecule has 0 aromatic heterocycles. The maximum absolute atomic E-state index is 13.1. The molecule has 6 heterocycles. The van der Waals surface area contributed by atoms with E-state index in [1.54, 1.807) is 23.7 Å². The van der Waals surface area contributed by atoms with Crippen LogP contribution < -0.4 is 25.0 Å². The van der Waals surface area contributed by atoms with E-state index in [-0.39, 0.29) is 40.4 Å². The number of benzene rings is 5. The van der Waals surface area contributed by atoms with E-state index in [4.69, 9.17) is 28.9 Å². The molecule has 0 unspecified atom stereocenters. The van der Waals surface area contributed by atoms with Gasteiger partial charge in [-0.1, -0.05) is 60.7 Å². The smallest absolute Gasteiger partial charge is 0.341 e. The van der Waals surface area contributed by atoms with E-state index in [0.29, 0.717) is 28.2 Å². The van der Waals surface area contributed by atoms with E-state index in [9.17, 15) is 23.2 Å². The number of fused-ring (bicyclic) bond motifs is 3. The van der Waals surface area contributed by atoms with Gasteiger partial charge in [-0.15, -0.1) is 0 Å². The Balaban J connectivity index is 0.000000137. The van der Waals surface area contributed by atoms with Crippen LogP contribution in [0.5, 0.6) is 17.2 Å². The Morgan fingerprint density at radius 1 is 0.534 bits per heavy atom. The molecule has 15 heteroatoms. The number of hydrogen-bond donors (Lipinski definition) is 3. The third-order valence-corrected chi connectivity index (χ3v) is 15.6. The van der Waals surface area contributed by atoms with Crippen LogP contribution in [0.2, 0.25) is 0 Å². The fourth-order valence-electron chi connectivity index (χ4n) is 11.2.